The molecule has 1 aliphatic heterocycles. The van der Waals surface area contributed by atoms with Gasteiger partial charge in [-0.15, -0.1) is 0 Å². The highest BCUT2D eigenvalue weighted by molar-refractivity contribution is 5.25. The zero-order valence-corrected chi connectivity index (χ0v) is 11.8. The summed E-state index contributed by atoms with van der Waals surface area (Å²) in [7, 11) is 0. The first-order valence-electron chi connectivity index (χ1n) is 7.12. The molecule has 2 N–H and O–H groups in total. The molecule has 2 aliphatic rings. The number of hydrogen-bond donors (Lipinski definition) is 1. The third-order valence-corrected chi connectivity index (χ3v) is 4.40. The van der Waals surface area contributed by atoms with Crippen LogP contribution in [-0.4, -0.2) is 18.0 Å². The van der Waals surface area contributed by atoms with Gasteiger partial charge in [-0.1, -0.05) is 30.3 Å². The van der Waals surface area contributed by atoms with E-state index in [2.05, 4.69) is 38.1 Å². The molecule has 3 nitrogen and oxygen atoms in total. The van der Waals surface area contributed by atoms with Gasteiger partial charge in [-0.05, 0) is 32.3 Å². The predicted molar refractivity (Wildman–Crippen MR) is 74.6 cm³/mol. The maximum Gasteiger partial charge on any atom is 0.169 e. The summed E-state index contributed by atoms with van der Waals surface area (Å²) in [4.78, 5) is 0. The molecule has 0 unspecified atom stereocenters. The summed E-state index contributed by atoms with van der Waals surface area (Å²) in [5.74, 6) is -0.388. The molecule has 1 aromatic carbocycles. The molecule has 3 heteroatoms. The van der Waals surface area contributed by atoms with Crippen molar-refractivity contribution in [1.82, 2.24) is 0 Å². The maximum absolute atomic E-state index is 6.59. The normalized spacial score (nSPS) is 37.6. The van der Waals surface area contributed by atoms with Crippen molar-refractivity contribution in [3.8, 4) is 0 Å². The lowest BCUT2D eigenvalue weighted by atomic mass is 9.75. The van der Waals surface area contributed by atoms with Crippen LogP contribution in [0.4, 0.5) is 0 Å². The van der Waals surface area contributed by atoms with E-state index in [1.165, 1.54) is 5.56 Å². The molecule has 1 aliphatic carbocycles. The monoisotopic (exact) mass is 261 g/mol. The summed E-state index contributed by atoms with van der Waals surface area (Å²) in [6.07, 6.45) is 3.57. The number of hydrogen-bond acceptors (Lipinski definition) is 3. The summed E-state index contributed by atoms with van der Waals surface area (Å²) >= 11 is 0. The SMILES string of the molecule is CC1(C)COC2(CCC(N)(c3ccccc3)CC2)O1. The van der Waals surface area contributed by atoms with E-state index in [-0.39, 0.29) is 16.9 Å². The van der Waals surface area contributed by atoms with Gasteiger partial charge in [0.05, 0.1) is 12.2 Å². The number of rotatable bonds is 1. The number of ether oxygens (including phenoxy) is 2. The van der Waals surface area contributed by atoms with E-state index in [9.17, 15) is 0 Å². The fraction of sp³-hybridized carbons (Fsp3) is 0.625. The fourth-order valence-electron chi connectivity index (χ4n) is 3.25. The molecule has 0 amide bonds. The van der Waals surface area contributed by atoms with Crippen LogP contribution in [0.2, 0.25) is 0 Å². The van der Waals surface area contributed by atoms with Gasteiger partial charge >= 0.3 is 0 Å². The Kier molecular flexibility index (Phi) is 2.97. The van der Waals surface area contributed by atoms with Crippen molar-refractivity contribution in [3.63, 3.8) is 0 Å². The molecule has 104 valence electrons. The minimum Gasteiger partial charge on any atom is -0.347 e. The Balaban J connectivity index is 1.73. The van der Waals surface area contributed by atoms with Crippen LogP contribution in [0.1, 0.15) is 45.1 Å². The largest absolute Gasteiger partial charge is 0.347 e. The Morgan fingerprint density at radius 3 is 2.16 bits per heavy atom. The Bertz CT molecular complexity index is 447. The number of nitrogens with two attached hydrogens (primary N) is 1. The van der Waals surface area contributed by atoms with Crippen molar-refractivity contribution >= 4 is 0 Å². The topological polar surface area (TPSA) is 44.5 Å². The Labute approximate surface area is 115 Å². The molecular formula is C16H23NO2. The van der Waals surface area contributed by atoms with Gasteiger partial charge in [0.15, 0.2) is 5.79 Å². The smallest absolute Gasteiger partial charge is 0.169 e. The van der Waals surface area contributed by atoms with Crippen molar-refractivity contribution in [2.75, 3.05) is 6.61 Å². The van der Waals surface area contributed by atoms with Crippen LogP contribution in [-0.2, 0) is 15.0 Å². The lowest BCUT2D eigenvalue weighted by Crippen LogP contribution is -2.47. The fourth-order valence-corrected chi connectivity index (χ4v) is 3.25. The second kappa shape index (κ2) is 4.30. The predicted octanol–water partition coefficient (Wildman–Crippen LogP) is 2.94. The molecular weight excluding hydrogens is 238 g/mol. The van der Waals surface area contributed by atoms with Crippen LogP contribution in [0, 0.1) is 0 Å². The van der Waals surface area contributed by atoms with Gasteiger partial charge in [0.25, 0.3) is 0 Å². The van der Waals surface area contributed by atoms with Crippen molar-refractivity contribution in [1.29, 1.82) is 0 Å². The summed E-state index contributed by atoms with van der Waals surface area (Å²) in [6.45, 7) is 4.85. The summed E-state index contributed by atoms with van der Waals surface area (Å²) in [6, 6.07) is 10.4. The third kappa shape index (κ3) is 2.42. The highest BCUT2D eigenvalue weighted by Gasteiger charge is 2.50. The van der Waals surface area contributed by atoms with E-state index in [0.717, 1.165) is 25.7 Å². The summed E-state index contributed by atoms with van der Waals surface area (Å²) in [5.41, 5.74) is 7.42. The van der Waals surface area contributed by atoms with Crippen molar-refractivity contribution in [3.05, 3.63) is 35.9 Å². The van der Waals surface area contributed by atoms with E-state index in [0.29, 0.717) is 6.61 Å². The van der Waals surface area contributed by atoms with E-state index < -0.39 is 0 Å². The molecule has 1 heterocycles. The maximum atomic E-state index is 6.59. The molecule has 0 atom stereocenters. The van der Waals surface area contributed by atoms with Crippen LogP contribution < -0.4 is 5.73 Å². The minimum atomic E-state index is -0.388. The quantitative estimate of drug-likeness (QED) is 0.845. The molecule has 1 spiro atoms. The van der Waals surface area contributed by atoms with Crippen LogP contribution in [0.25, 0.3) is 0 Å². The lowest BCUT2D eigenvalue weighted by Gasteiger charge is -2.42. The summed E-state index contributed by atoms with van der Waals surface area (Å²) < 4.78 is 12.1. The molecule has 0 radical (unpaired) electrons. The van der Waals surface area contributed by atoms with Crippen molar-refractivity contribution in [2.24, 2.45) is 5.73 Å². The third-order valence-electron chi connectivity index (χ3n) is 4.40. The van der Waals surface area contributed by atoms with Crippen LogP contribution in [0.5, 0.6) is 0 Å². The first kappa shape index (κ1) is 13.1. The van der Waals surface area contributed by atoms with Gasteiger partial charge in [-0.3, -0.25) is 0 Å². The molecule has 0 bridgehead atoms. The van der Waals surface area contributed by atoms with Crippen LogP contribution in [0.3, 0.4) is 0 Å². The van der Waals surface area contributed by atoms with Crippen molar-refractivity contribution in [2.45, 2.75) is 56.5 Å². The average Bonchev–Trinajstić information content (AvgIpc) is 2.71. The summed E-state index contributed by atoms with van der Waals surface area (Å²) in [5, 5.41) is 0. The highest BCUT2D eigenvalue weighted by Crippen LogP contribution is 2.46. The van der Waals surface area contributed by atoms with Crippen molar-refractivity contribution < 1.29 is 9.47 Å². The molecule has 2 fully saturated rings. The zero-order chi connectivity index (χ0) is 13.6. The van der Waals surface area contributed by atoms with Crippen LogP contribution in [0.15, 0.2) is 30.3 Å². The van der Waals surface area contributed by atoms with Crippen LogP contribution >= 0.6 is 0 Å². The van der Waals surface area contributed by atoms with Gasteiger partial charge in [-0.2, -0.15) is 0 Å². The van der Waals surface area contributed by atoms with E-state index in [4.69, 9.17) is 15.2 Å². The lowest BCUT2D eigenvalue weighted by molar-refractivity contribution is -0.206. The van der Waals surface area contributed by atoms with Gasteiger partial charge in [0.2, 0.25) is 0 Å². The van der Waals surface area contributed by atoms with Gasteiger partial charge in [0, 0.05) is 18.4 Å². The van der Waals surface area contributed by atoms with E-state index >= 15 is 0 Å². The standard InChI is InChI=1S/C16H23NO2/c1-14(2)12-18-16(19-14)10-8-15(17,9-11-16)13-6-4-3-5-7-13/h3-7H,8-12,17H2,1-2H3. The first-order valence-corrected chi connectivity index (χ1v) is 7.12. The minimum absolute atomic E-state index is 0.165. The average molecular weight is 261 g/mol. The second-order valence-corrected chi connectivity index (χ2v) is 6.58. The Morgan fingerprint density at radius 1 is 1.00 bits per heavy atom. The zero-order valence-electron chi connectivity index (χ0n) is 11.8. The molecule has 3 rings (SSSR count). The molecule has 1 saturated carbocycles. The van der Waals surface area contributed by atoms with Gasteiger partial charge in [0.1, 0.15) is 0 Å². The molecule has 0 aromatic heterocycles. The second-order valence-electron chi connectivity index (χ2n) is 6.58. The van der Waals surface area contributed by atoms with Gasteiger partial charge in [-0.25, -0.2) is 0 Å². The highest BCUT2D eigenvalue weighted by atomic mass is 16.8. The molecule has 1 saturated heterocycles. The van der Waals surface area contributed by atoms with Gasteiger partial charge < -0.3 is 15.2 Å². The first-order chi connectivity index (χ1) is 8.93. The number of benzene rings is 1. The Hall–Kier alpha value is -0.900. The molecule has 1 aromatic rings. The van der Waals surface area contributed by atoms with E-state index in [1.807, 2.05) is 6.07 Å². The molecule has 19 heavy (non-hydrogen) atoms. The Morgan fingerprint density at radius 2 is 1.63 bits per heavy atom. The van der Waals surface area contributed by atoms with E-state index in [1.54, 1.807) is 0 Å².